The molecule has 0 aliphatic heterocycles. The molecule has 0 aromatic heterocycles. The Morgan fingerprint density at radius 1 is 1.24 bits per heavy atom. The normalized spacial score (nSPS) is 11.9. The van der Waals surface area contributed by atoms with Crippen molar-refractivity contribution in [3.63, 3.8) is 0 Å². The highest BCUT2D eigenvalue weighted by atomic mass is 19.1. The van der Waals surface area contributed by atoms with Crippen LogP contribution in [-0.4, -0.2) is 30.6 Å². The number of halogens is 1. The molecule has 1 rings (SSSR count). The van der Waals surface area contributed by atoms with Crippen LogP contribution in [0.5, 0.6) is 0 Å². The molecule has 1 N–H and O–H groups in total. The summed E-state index contributed by atoms with van der Waals surface area (Å²) in [6.45, 7) is 8.52. The molecule has 0 amide bonds. The Balaban J connectivity index is 2.35. The number of likely N-dealkylation sites (N-methyl/N-ethyl adjacent to an activating group) is 1. The van der Waals surface area contributed by atoms with Crippen molar-refractivity contribution >= 4 is 5.69 Å². The van der Waals surface area contributed by atoms with Crippen LogP contribution in [0.25, 0.3) is 0 Å². The molecular weight excluding hydrogens is 215 g/mol. The highest BCUT2D eigenvalue weighted by Crippen LogP contribution is 2.15. The Kier molecular flexibility index (Phi) is 4.94. The summed E-state index contributed by atoms with van der Waals surface area (Å²) in [7, 11) is 2.13. The Morgan fingerprint density at radius 2 is 1.82 bits per heavy atom. The Morgan fingerprint density at radius 3 is 2.35 bits per heavy atom. The number of nitrogens with zero attached hydrogens (tertiary/aromatic N) is 1. The van der Waals surface area contributed by atoms with E-state index in [1.165, 1.54) is 12.1 Å². The number of anilines is 1. The summed E-state index contributed by atoms with van der Waals surface area (Å²) in [5.74, 6) is -0.195. The molecule has 2 nitrogen and oxygen atoms in total. The first-order chi connectivity index (χ1) is 7.95. The maximum Gasteiger partial charge on any atom is 0.123 e. The van der Waals surface area contributed by atoms with Crippen molar-refractivity contribution in [1.29, 1.82) is 0 Å². The van der Waals surface area contributed by atoms with E-state index in [1.807, 2.05) is 0 Å². The molecule has 0 radical (unpaired) electrons. The summed E-state index contributed by atoms with van der Waals surface area (Å²) in [5.41, 5.74) is 1.19. The zero-order valence-electron chi connectivity index (χ0n) is 11.3. The van der Waals surface area contributed by atoms with E-state index in [0.717, 1.165) is 25.2 Å². The third-order valence-corrected chi connectivity index (χ3v) is 3.52. The SMILES string of the molecule is CCC(C)(C)N(C)CCNc1ccc(F)cc1. The van der Waals surface area contributed by atoms with Gasteiger partial charge in [0.2, 0.25) is 0 Å². The second kappa shape index (κ2) is 6.01. The van der Waals surface area contributed by atoms with Crippen LogP contribution in [0.3, 0.4) is 0 Å². The van der Waals surface area contributed by atoms with Gasteiger partial charge in [-0.1, -0.05) is 6.92 Å². The molecule has 1 aromatic carbocycles. The van der Waals surface area contributed by atoms with E-state index in [-0.39, 0.29) is 11.4 Å². The van der Waals surface area contributed by atoms with Crippen molar-refractivity contribution in [3.8, 4) is 0 Å². The molecule has 1 aromatic rings. The van der Waals surface area contributed by atoms with E-state index >= 15 is 0 Å². The first kappa shape index (κ1) is 14.0. The molecule has 3 heteroatoms. The fraction of sp³-hybridized carbons (Fsp3) is 0.571. The zero-order chi connectivity index (χ0) is 12.9. The summed E-state index contributed by atoms with van der Waals surface area (Å²) in [6.07, 6.45) is 1.13. The van der Waals surface area contributed by atoms with Crippen LogP contribution in [0, 0.1) is 5.82 Å². The molecule has 96 valence electrons. The van der Waals surface area contributed by atoms with Crippen LogP contribution in [0.2, 0.25) is 0 Å². The van der Waals surface area contributed by atoms with Gasteiger partial charge in [-0.05, 0) is 51.6 Å². The van der Waals surface area contributed by atoms with Crippen LogP contribution < -0.4 is 5.32 Å². The monoisotopic (exact) mass is 238 g/mol. The van der Waals surface area contributed by atoms with Crippen LogP contribution in [0.15, 0.2) is 24.3 Å². The van der Waals surface area contributed by atoms with Gasteiger partial charge in [0.15, 0.2) is 0 Å². The van der Waals surface area contributed by atoms with Gasteiger partial charge in [0.1, 0.15) is 5.82 Å². The van der Waals surface area contributed by atoms with Crippen molar-refractivity contribution in [2.24, 2.45) is 0 Å². The molecule has 0 bridgehead atoms. The highest BCUT2D eigenvalue weighted by molar-refractivity contribution is 5.42. The van der Waals surface area contributed by atoms with Gasteiger partial charge >= 0.3 is 0 Å². The summed E-state index contributed by atoms with van der Waals surface area (Å²) in [5, 5.41) is 3.29. The van der Waals surface area contributed by atoms with Gasteiger partial charge in [-0.25, -0.2) is 4.39 Å². The molecule has 17 heavy (non-hydrogen) atoms. The Labute approximate surface area is 104 Å². The third-order valence-electron chi connectivity index (χ3n) is 3.52. The smallest absolute Gasteiger partial charge is 0.123 e. The summed E-state index contributed by atoms with van der Waals surface area (Å²) < 4.78 is 12.7. The lowest BCUT2D eigenvalue weighted by molar-refractivity contribution is 0.157. The van der Waals surface area contributed by atoms with Gasteiger partial charge in [0, 0.05) is 24.3 Å². The van der Waals surface area contributed by atoms with Gasteiger partial charge in [-0.3, -0.25) is 4.90 Å². The number of nitrogens with one attached hydrogen (secondary N) is 1. The fourth-order valence-electron chi connectivity index (χ4n) is 1.51. The minimum absolute atomic E-state index is 0.195. The van der Waals surface area contributed by atoms with Crippen molar-refractivity contribution in [2.75, 3.05) is 25.5 Å². The number of hydrogen-bond acceptors (Lipinski definition) is 2. The molecular formula is C14H23FN2. The molecule has 0 fully saturated rings. The molecule has 0 aliphatic rings. The maximum absolute atomic E-state index is 12.7. The number of rotatable bonds is 6. The molecule has 0 saturated heterocycles. The standard InChI is InChI=1S/C14H23FN2/c1-5-14(2,3)17(4)11-10-16-13-8-6-12(15)7-9-13/h6-9,16H,5,10-11H2,1-4H3. The highest BCUT2D eigenvalue weighted by Gasteiger charge is 2.19. The predicted molar refractivity (Wildman–Crippen MR) is 71.9 cm³/mol. The van der Waals surface area contributed by atoms with Gasteiger partial charge in [0.25, 0.3) is 0 Å². The van der Waals surface area contributed by atoms with Crippen molar-refractivity contribution < 1.29 is 4.39 Å². The van der Waals surface area contributed by atoms with Crippen LogP contribution >= 0.6 is 0 Å². The van der Waals surface area contributed by atoms with E-state index in [0.29, 0.717) is 0 Å². The molecule has 0 heterocycles. The minimum atomic E-state index is -0.195. The second-order valence-electron chi connectivity index (χ2n) is 5.02. The van der Waals surface area contributed by atoms with E-state index in [4.69, 9.17) is 0 Å². The molecule has 0 saturated carbocycles. The average molecular weight is 238 g/mol. The van der Waals surface area contributed by atoms with Crippen molar-refractivity contribution in [2.45, 2.75) is 32.7 Å². The van der Waals surface area contributed by atoms with Gasteiger partial charge < -0.3 is 5.32 Å². The van der Waals surface area contributed by atoms with Crippen molar-refractivity contribution in [1.82, 2.24) is 4.90 Å². The quantitative estimate of drug-likeness (QED) is 0.817. The Hall–Kier alpha value is -1.09. The van der Waals surface area contributed by atoms with E-state index in [1.54, 1.807) is 12.1 Å². The van der Waals surface area contributed by atoms with E-state index in [9.17, 15) is 4.39 Å². The third kappa shape index (κ3) is 4.35. The largest absolute Gasteiger partial charge is 0.384 e. The summed E-state index contributed by atoms with van der Waals surface area (Å²) in [6, 6.07) is 6.48. The minimum Gasteiger partial charge on any atom is -0.384 e. The Bertz CT molecular complexity index is 333. The van der Waals surface area contributed by atoms with Crippen LogP contribution in [0.1, 0.15) is 27.2 Å². The summed E-state index contributed by atoms with van der Waals surface area (Å²) >= 11 is 0. The number of hydrogen-bond donors (Lipinski definition) is 1. The lowest BCUT2D eigenvalue weighted by atomic mass is 10.0. The second-order valence-corrected chi connectivity index (χ2v) is 5.02. The zero-order valence-corrected chi connectivity index (χ0v) is 11.3. The van der Waals surface area contributed by atoms with Crippen molar-refractivity contribution in [3.05, 3.63) is 30.1 Å². The van der Waals surface area contributed by atoms with Gasteiger partial charge in [0.05, 0.1) is 0 Å². The number of benzene rings is 1. The summed E-state index contributed by atoms with van der Waals surface area (Å²) in [4.78, 5) is 2.34. The average Bonchev–Trinajstić information content (AvgIpc) is 2.31. The molecule has 0 aliphatic carbocycles. The molecule has 0 spiro atoms. The van der Waals surface area contributed by atoms with E-state index in [2.05, 4.69) is 38.0 Å². The lowest BCUT2D eigenvalue weighted by Gasteiger charge is -2.34. The van der Waals surface area contributed by atoms with E-state index < -0.39 is 0 Å². The molecule has 0 atom stereocenters. The predicted octanol–water partition coefficient (Wildman–Crippen LogP) is 3.36. The maximum atomic E-state index is 12.7. The molecule has 0 unspecified atom stereocenters. The lowest BCUT2D eigenvalue weighted by Crippen LogP contribution is -2.42. The topological polar surface area (TPSA) is 15.3 Å². The first-order valence-corrected chi connectivity index (χ1v) is 6.16. The van der Waals surface area contributed by atoms with Gasteiger partial charge in [-0.15, -0.1) is 0 Å². The first-order valence-electron chi connectivity index (χ1n) is 6.16. The van der Waals surface area contributed by atoms with Gasteiger partial charge in [-0.2, -0.15) is 0 Å². The fourth-order valence-corrected chi connectivity index (χ4v) is 1.51. The van der Waals surface area contributed by atoms with Crippen LogP contribution in [0.4, 0.5) is 10.1 Å². The van der Waals surface area contributed by atoms with Crippen LogP contribution in [-0.2, 0) is 0 Å².